The number of hydrogen-bond acceptors (Lipinski definition) is 8. The molecule has 1 saturated heterocycles. The van der Waals surface area contributed by atoms with Gasteiger partial charge in [0.1, 0.15) is 10.7 Å². The first-order valence-corrected chi connectivity index (χ1v) is 10.9. The van der Waals surface area contributed by atoms with Crippen LogP contribution in [0.5, 0.6) is 0 Å². The number of hydrogen-bond donors (Lipinski definition) is 0. The van der Waals surface area contributed by atoms with Gasteiger partial charge >= 0.3 is 0 Å². The molecule has 140 valence electrons. The Morgan fingerprint density at radius 3 is 2.50 bits per heavy atom. The van der Waals surface area contributed by atoms with Crippen LogP contribution in [0.1, 0.15) is 18.0 Å². The Bertz CT molecular complexity index is 891. The van der Waals surface area contributed by atoms with E-state index in [1.165, 1.54) is 12.1 Å². The number of nitro groups is 1. The highest BCUT2D eigenvalue weighted by Gasteiger charge is 2.28. The molecule has 2 aromatic rings. The zero-order chi connectivity index (χ0) is 18.9. The monoisotopic (exact) mass is 396 g/mol. The standard InChI is InChI=1S/C16H20N4O4S2/c1-12(16-17-5-10-25-16)18-6-8-19(9-7-18)14-4-3-13(26(2,23)24)11-15(14)20(21)22/h3-5,10-12H,6-9H2,1-2H3. The predicted octanol–water partition coefficient (Wildman–Crippen LogP) is 2.34. The molecule has 0 saturated carbocycles. The molecule has 0 radical (unpaired) electrons. The normalized spacial score (nSPS) is 17.2. The third-order valence-corrected chi connectivity index (χ3v) is 6.64. The smallest absolute Gasteiger partial charge is 0.293 e. The van der Waals surface area contributed by atoms with Crippen LogP contribution in [0.3, 0.4) is 0 Å². The van der Waals surface area contributed by atoms with Crippen LogP contribution in [-0.4, -0.2) is 55.7 Å². The molecule has 26 heavy (non-hydrogen) atoms. The molecule has 3 rings (SSSR count). The van der Waals surface area contributed by atoms with Gasteiger partial charge in [0.05, 0.1) is 15.9 Å². The van der Waals surface area contributed by atoms with Crippen molar-refractivity contribution in [1.82, 2.24) is 9.88 Å². The van der Waals surface area contributed by atoms with Crippen LogP contribution in [0.2, 0.25) is 0 Å². The molecule has 1 fully saturated rings. The Labute approximate surface area is 156 Å². The van der Waals surface area contributed by atoms with Crippen molar-refractivity contribution in [2.75, 3.05) is 37.3 Å². The van der Waals surface area contributed by atoms with Crippen LogP contribution in [0.15, 0.2) is 34.7 Å². The number of sulfone groups is 1. The average molecular weight is 396 g/mol. The van der Waals surface area contributed by atoms with Gasteiger partial charge in [0.15, 0.2) is 9.84 Å². The Balaban J connectivity index is 1.78. The van der Waals surface area contributed by atoms with Crippen LogP contribution in [0.4, 0.5) is 11.4 Å². The fraction of sp³-hybridized carbons (Fsp3) is 0.438. The minimum absolute atomic E-state index is 0.0380. The van der Waals surface area contributed by atoms with Gasteiger partial charge in [0.25, 0.3) is 5.69 Å². The molecular formula is C16H20N4O4S2. The zero-order valence-corrected chi connectivity index (χ0v) is 16.2. The molecule has 1 aromatic heterocycles. The van der Waals surface area contributed by atoms with Crippen molar-refractivity contribution in [3.05, 3.63) is 44.9 Å². The van der Waals surface area contributed by atoms with E-state index in [4.69, 9.17) is 0 Å². The van der Waals surface area contributed by atoms with E-state index in [-0.39, 0.29) is 16.6 Å². The van der Waals surface area contributed by atoms with Gasteiger partial charge in [-0.05, 0) is 19.1 Å². The first-order chi connectivity index (χ1) is 12.3. The van der Waals surface area contributed by atoms with E-state index in [1.54, 1.807) is 17.5 Å². The van der Waals surface area contributed by atoms with Crippen LogP contribution < -0.4 is 4.90 Å². The van der Waals surface area contributed by atoms with Crippen molar-refractivity contribution in [2.45, 2.75) is 17.9 Å². The second-order valence-electron chi connectivity index (χ2n) is 6.25. The summed E-state index contributed by atoms with van der Waals surface area (Å²) in [5.41, 5.74) is 0.290. The summed E-state index contributed by atoms with van der Waals surface area (Å²) < 4.78 is 23.4. The van der Waals surface area contributed by atoms with Gasteiger partial charge in [-0.15, -0.1) is 11.3 Å². The summed E-state index contributed by atoms with van der Waals surface area (Å²) in [6.45, 7) is 4.89. The van der Waals surface area contributed by atoms with E-state index in [0.717, 1.165) is 30.4 Å². The lowest BCUT2D eigenvalue weighted by molar-refractivity contribution is -0.384. The van der Waals surface area contributed by atoms with E-state index >= 15 is 0 Å². The summed E-state index contributed by atoms with van der Waals surface area (Å²) in [6.07, 6.45) is 2.84. The van der Waals surface area contributed by atoms with Gasteiger partial charge in [-0.1, -0.05) is 0 Å². The Kier molecular flexibility index (Phi) is 5.26. The number of nitrogens with zero attached hydrogens (tertiary/aromatic N) is 4. The minimum Gasteiger partial charge on any atom is -0.363 e. The van der Waals surface area contributed by atoms with Gasteiger partial charge < -0.3 is 4.90 Å². The van der Waals surface area contributed by atoms with Crippen molar-refractivity contribution >= 4 is 32.5 Å². The predicted molar refractivity (Wildman–Crippen MR) is 101 cm³/mol. The number of rotatable bonds is 5. The lowest BCUT2D eigenvalue weighted by Gasteiger charge is -2.38. The summed E-state index contributed by atoms with van der Waals surface area (Å²) in [7, 11) is -3.49. The average Bonchev–Trinajstić information content (AvgIpc) is 3.14. The molecule has 0 spiro atoms. The maximum absolute atomic E-state index is 11.7. The number of aromatic nitrogens is 1. The molecule has 1 unspecified atom stereocenters. The van der Waals surface area contributed by atoms with Crippen molar-refractivity contribution in [3.63, 3.8) is 0 Å². The molecule has 10 heteroatoms. The van der Waals surface area contributed by atoms with E-state index in [1.807, 2.05) is 10.3 Å². The van der Waals surface area contributed by atoms with Crippen LogP contribution in [0, 0.1) is 10.1 Å². The molecule has 0 amide bonds. The van der Waals surface area contributed by atoms with Crippen LogP contribution in [-0.2, 0) is 9.84 Å². The molecule has 0 bridgehead atoms. The first kappa shape index (κ1) is 18.7. The Hall–Kier alpha value is -2.04. The highest BCUT2D eigenvalue weighted by Crippen LogP contribution is 2.32. The summed E-state index contributed by atoms with van der Waals surface area (Å²) in [4.78, 5) is 19.5. The lowest BCUT2D eigenvalue weighted by atomic mass is 10.2. The van der Waals surface area contributed by atoms with E-state index < -0.39 is 14.8 Å². The van der Waals surface area contributed by atoms with Gasteiger partial charge in [0.2, 0.25) is 0 Å². The van der Waals surface area contributed by atoms with Gasteiger partial charge in [-0.25, -0.2) is 13.4 Å². The van der Waals surface area contributed by atoms with Crippen LogP contribution in [0.25, 0.3) is 0 Å². The highest BCUT2D eigenvalue weighted by molar-refractivity contribution is 7.90. The van der Waals surface area contributed by atoms with Crippen molar-refractivity contribution in [3.8, 4) is 0 Å². The summed E-state index contributed by atoms with van der Waals surface area (Å²) in [6, 6.07) is 4.33. The summed E-state index contributed by atoms with van der Waals surface area (Å²) >= 11 is 1.62. The van der Waals surface area contributed by atoms with Crippen molar-refractivity contribution in [1.29, 1.82) is 0 Å². The largest absolute Gasteiger partial charge is 0.363 e. The number of benzene rings is 1. The molecule has 1 aliphatic rings. The van der Waals surface area contributed by atoms with Gasteiger partial charge in [-0.2, -0.15) is 0 Å². The van der Waals surface area contributed by atoms with Crippen molar-refractivity contribution in [2.24, 2.45) is 0 Å². The first-order valence-electron chi connectivity index (χ1n) is 8.14. The Morgan fingerprint density at radius 1 is 1.27 bits per heavy atom. The fourth-order valence-corrected chi connectivity index (χ4v) is 4.46. The summed E-state index contributed by atoms with van der Waals surface area (Å²) in [5, 5.41) is 14.4. The quantitative estimate of drug-likeness (QED) is 0.565. The molecule has 1 aliphatic heterocycles. The maximum atomic E-state index is 11.7. The van der Waals surface area contributed by atoms with Gasteiger partial charge in [-0.3, -0.25) is 15.0 Å². The SMILES string of the molecule is CC(c1nccs1)N1CCN(c2ccc(S(C)(=O)=O)cc2[N+](=O)[O-])CC1. The third-order valence-electron chi connectivity index (χ3n) is 4.58. The molecular weight excluding hydrogens is 376 g/mol. The molecule has 0 aliphatic carbocycles. The van der Waals surface area contributed by atoms with E-state index in [0.29, 0.717) is 18.8 Å². The molecule has 8 nitrogen and oxygen atoms in total. The van der Waals surface area contributed by atoms with Gasteiger partial charge in [0, 0.05) is 50.1 Å². The fourth-order valence-electron chi connectivity index (χ4n) is 3.09. The zero-order valence-electron chi connectivity index (χ0n) is 14.5. The summed E-state index contributed by atoms with van der Waals surface area (Å²) in [5.74, 6) is 0. The maximum Gasteiger partial charge on any atom is 0.293 e. The van der Waals surface area contributed by atoms with Crippen molar-refractivity contribution < 1.29 is 13.3 Å². The number of piperazine rings is 1. The molecule has 0 N–H and O–H groups in total. The minimum atomic E-state index is -3.49. The highest BCUT2D eigenvalue weighted by atomic mass is 32.2. The van der Waals surface area contributed by atoms with E-state index in [2.05, 4.69) is 16.8 Å². The number of nitro benzene ring substituents is 1. The molecule has 1 atom stereocenters. The van der Waals surface area contributed by atoms with Crippen LogP contribution >= 0.6 is 11.3 Å². The number of thiazole rings is 1. The molecule has 1 aromatic carbocycles. The second-order valence-corrected chi connectivity index (χ2v) is 9.19. The number of anilines is 1. The van der Waals surface area contributed by atoms with E-state index in [9.17, 15) is 18.5 Å². The third kappa shape index (κ3) is 3.87. The Morgan fingerprint density at radius 2 is 1.96 bits per heavy atom. The topological polar surface area (TPSA) is 96.7 Å². The molecule has 2 heterocycles. The lowest BCUT2D eigenvalue weighted by Crippen LogP contribution is -2.47. The second kappa shape index (κ2) is 7.29.